The first-order valence-corrected chi connectivity index (χ1v) is 14.5. The van der Waals surface area contributed by atoms with Crippen molar-refractivity contribution in [2.75, 3.05) is 5.32 Å². The summed E-state index contributed by atoms with van der Waals surface area (Å²) in [4.78, 5) is 31.1. The molecule has 1 saturated heterocycles. The van der Waals surface area contributed by atoms with E-state index in [-0.39, 0.29) is 6.04 Å². The van der Waals surface area contributed by atoms with E-state index in [1.807, 2.05) is 4.57 Å². The van der Waals surface area contributed by atoms with E-state index in [9.17, 15) is 14.3 Å². The molecule has 214 valence electrons. The third-order valence-corrected chi connectivity index (χ3v) is 9.03. The first kappa shape index (κ1) is 26.9. The fourth-order valence-electron chi connectivity index (χ4n) is 6.20. The van der Waals surface area contributed by atoms with Crippen LogP contribution in [0.5, 0.6) is 0 Å². The molecule has 2 unspecified atom stereocenters. The molecule has 3 aromatic rings. The number of benzene rings is 1. The largest absolute Gasteiger partial charge is 0.427 e. The van der Waals surface area contributed by atoms with Crippen LogP contribution in [-0.2, 0) is 17.0 Å². The monoisotopic (exact) mass is 551 g/mol. The average Bonchev–Trinajstić information content (AvgIpc) is 3.48. The number of hydrogen-bond donors (Lipinski definition) is 4. The highest BCUT2D eigenvalue weighted by Crippen LogP contribution is 2.38. The molecule has 3 fully saturated rings. The van der Waals surface area contributed by atoms with Gasteiger partial charge in [-0.15, -0.1) is 5.48 Å². The number of halogens is 1. The van der Waals surface area contributed by atoms with Crippen molar-refractivity contribution in [3.8, 4) is 0 Å². The maximum Gasteiger partial charge on any atom is 0.427 e. The van der Waals surface area contributed by atoms with Gasteiger partial charge in [0.1, 0.15) is 22.8 Å². The Balaban J connectivity index is 1.50. The molecule has 0 bridgehead atoms. The van der Waals surface area contributed by atoms with Gasteiger partial charge >= 0.3 is 6.09 Å². The number of carbonyl (C=O) groups excluding carboxylic acids is 1. The zero-order chi connectivity index (χ0) is 28.0. The number of anilines is 1. The first-order valence-electron chi connectivity index (χ1n) is 14.5. The summed E-state index contributed by atoms with van der Waals surface area (Å²) in [5.74, 6) is 2.49. The number of aromatic nitrogens is 4. The predicted molar refractivity (Wildman–Crippen MR) is 147 cm³/mol. The van der Waals surface area contributed by atoms with Crippen LogP contribution >= 0.6 is 0 Å². The maximum absolute atomic E-state index is 14.3. The Morgan fingerprint density at radius 1 is 1.20 bits per heavy atom. The van der Waals surface area contributed by atoms with Crippen LogP contribution in [0.25, 0.3) is 11.2 Å². The van der Waals surface area contributed by atoms with Crippen molar-refractivity contribution in [3.63, 3.8) is 0 Å². The molecule has 4 N–H and O–H groups in total. The van der Waals surface area contributed by atoms with Gasteiger partial charge in [-0.1, -0.05) is 38.3 Å². The average molecular weight is 552 g/mol. The van der Waals surface area contributed by atoms with Crippen molar-refractivity contribution in [2.45, 2.75) is 90.1 Å². The Labute approximate surface area is 233 Å². The van der Waals surface area contributed by atoms with Gasteiger partial charge in [0.25, 0.3) is 0 Å². The van der Waals surface area contributed by atoms with E-state index in [0.717, 1.165) is 38.5 Å². The molecule has 3 heterocycles. The number of nitrogens with one attached hydrogen (secondary N) is 3. The number of aliphatic hydroxyl groups is 1. The Kier molecular flexibility index (Phi) is 7.12. The zero-order valence-electron chi connectivity index (χ0n) is 23.3. The Morgan fingerprint density at radius 2 is 1.98 bits per heavy atom. The van der Waals surface area contributed by atoms with E-state index in [1.54, 1.807) is 19.1 Å². The summed E-state index contributed by atoms with van der Waals surface area (Å²) in [6.45, 7) is 6.74. The van der Waals surface area contributed by atoms with E-state index < -0.39 is 23.7 Å². The standard InChI is InChI=1S/C29H38FN7O3/c1-16-10-12-18(13-11-16)15-37-22-23(31-17(2)19-6-4-7-19)32-25(26-35-28(38)40-36-26)33-24(22)34-27(37)29(3,39)20-8-5-9-21(30)14-20/h5,8-9,14,16-19,26,36,39H,4,6-7,10-13,15H2,1-3H3,(H,35,38)(H,31,32,33)/t16?,17-,18?,26?,29?/m1/s1. The number of fused-ring (bicyclic) bond motifs is 1. The summed E-state index contributed by atoms with van der Waals surface area (Å²) in [5, 5.41) is 18.2. The van der Waals surface area contributed by atoms with Crippen molar-refractivity contribution in [2.24, 2.45) is 17.8 Å². The van der Waals surface area contributed by atoms with Gasteiger partial charge < -0.3 is 19.8 Å². The Morgan fingerprint density at radius 3 is 2.62 bits per heavy atom. The van der Waals surface area contributed by atoms with E-state index in [0.29, 0.717) is 58.5 Å². The van der Waals surface area contributed by atoms with Crippen LogP contribution in [0, 0.1) is 23.6 Å². The summed E-state index contributed by atoms with van der Waals surface area (Å²) in [6, 6.07) is 6.16. The normalized spacial score (nSPS) is 25.6. The summed E-state index contributed by atoms with van der Waals surface area (Å²) < 4.78 is 16.3. The van der Waals surface area contributed by atoms with Crippen LogP contribution in [0.1, 0.15) is 89.1 Å². The number of amides is 1. The lowest BCUT2D eigenvalue weighted by molar-refractivity contribution is 0.0862. The molecule has 2 aromatic heterocycles. The minimum absolute atomic E-state index is 0.160. The third kappa shape index (κ3) is 5.12. The minimum atomic E-state index is -1.59. The van der Waals surface area contributed by atoms with E-state index in [2.05, 4.69) is 30.0 Å². The number of carbonyl (C=O) groups is 1. The minimum Gasteiger partial charge on any atom is -0.377 e. The Hall–Kier alpha value is -3.31. The van der Waals surface area contributed by atoms with Crippen molar-refractivity contribution < 1.29 is 19.1 Å². The van der Waals surface area contributed by atoms with Gasteiger partial charge in [-0.3, -0.25) is 5.32 Å². The SMILES string of the molecule is CC1CCC(Cn2c(C(C)(O)c3cccc(F)c3)nc3nc(C4NOC(=O)N4)nc(N[C@H](C)C4CCC4)c32)CC1. The van der Waals surface area contributed by atoms with Crippen LogP contribution < -0.4 is 16.1 Å². The van der Waals surface area contributed by atoms with E-state index in [4.69, 9.17) is 19.8 Å². The van der Waals surface area contributed by atoms with Gasteiger partial charge in [0.05, 0.1) is 0 Å². The predicted octanol–water partition coefficient (Wildman–Crippen LogP) is 4.89. The molecule has 6 rings (SSSR count). The topological polar surface area (TPSA) is 126 Å². The Bertz CT molecular complexity index is 1400. The highest BCUT2D eigenvalue weighted by molar-refractivity contribution is 5.84. The van der Waals surface area contributed by atoms with E-state index in [1.165, 1.54) is 18.6 Å². The number of rotatable bonds is 8. The summed E-state index contributed by atoms with van der Waals surface area (Å²) in [5.41, 5.74) is 2.54. The molecule has 2 aliphatic carbocycles. The summed E-state index contributed by atoms with van der Waals surface area (Å²) in [6.07, 6.45) is 6.65. The molecular formula is C29H38FN7O3. The number of hydroxylamine groups is 1. The van der Waals surface area contributed by atoms with Gasteiger partial charge in [0, 0.05) is 12.6 Å². The molecule has 3 atom stereocenters. The van der Waals surface area contributed by atoms with E-state index >= 15 is 0 Å². The molecule has 10 nitrogen and oxygen atoms in total. The first-order chi connectivity index (χ1) is 19.2. The summed E-state index contributed by atoms with van der Waals surface area (Å²) >= 11 is 0. The maximum atomic E-state index is 14.3. The van der Waals surface area contributed by atoms with Crippen molar-refractivity contribution in [1.29, 1.82) is 0 Å². The van der Waals surface area contributed by atoms with Gasteiger partial charge in [-0.05, 0) is 75.0 Å². The molecule has 0 radical (unpaired) electrons. The molecule has 3 aliphatic rings. The number of imidazole rings is 1. The van der Waals surface area contributed by atoms with Gasteiger partial charge in [-0.25, -0.2) is 24.1 Å². The lowest BCUT2D eigenvalue weighted by Crippen LogP contribution is -2.32. The quantitative estimate of drug-likeness (QED) is 0.312. The fraction of sp³-hybridized carbons (Fsp3) is 0.586. The van der Waals surface area contributed by atoms with Gasteiger partial charge in [0.15, 0.2) is 23.5 Å². The zero-order valence-corrected chi connectivity index (χ0v) is 23.3. The van der Waals surface area contributed by atoms with Crippen molar-refractivity contribution in [1.82, 2.24) is 30.3 Å². The third-order valence-electron chi connectivity index (χ3n) is 9.03. The smallest absolute Gasteiger partial charge is 0.377 e. The second-order valence-electron chi connectivity index (χ2n) is 12.1. The molecule has 1 amide bonds. The number of nitrogens with zero attached hydrogens (tertiary/aromatic N) is 4. The molecule has 40 heavy (non-hydrogen) atoms. The van der Waals surface area contributed by atoms with Crippen LogP contribution in [0.4, 0.5) is 15.0 Å². The van der Waals surface area contributed by atoms with Crippen LogP contribution in [-0.4, -0.2) is 36.8 Å². The molecule has 1 aliphatic heterocycles. The van der Waals surface area contributed by atoms with Crippen molar-refractivity contribution >= 4 is 23.1 Å². The second kappa shape index (κ2) is 10.6. The van der Waals surface area contributed by atoms with Crippen LogP contribution in [0.3, 0.4) is 0 Å². The summed E-state index contributed by atoms with van der Waals surface area (Å²) in [7, 11) is 0. The molecule has 1 aromatic carbocycles. The van der Waals surface area contributed by atoms with Gasteiger partial charge in [0.2, 0.25) is 0 Å². The molecule has 11 heteroatoms. The lowest BCUT2D eigenvalue weighted by Gasteiger charge is -2.33. The van der Waals surface area contributed by atoms with Gasteiger partial charge in [-0.2, -0.15) is 0 Å². The molecule has 2 saturated carbocycles. The molecule has 0 spiro atoms. The molecular weight excluding hydrogens is 513 g/mol. The lowest BCUT2D eigenvalue weighted by atomic mass is 9.80. The fourth-order valence-corrected chi connectivity index (χ4v) is 6.20. The van der Waals surface area contributed by atoms with Crippen LogP contribution in [0.15, 0.2) is 24.3 Å². The van der Waals surface area contributed by atoms with Crippen LogP contribution in [0.2, 0.25) is 0 Å². The highest BCUT2D eigenvalue weighted by Gasteiger charge is 2.37. The highest BCUT2D eigenvalue weighted by atomic mass is 19.1. The number of hydrogen-bond acceptors (Lipinski definition) is 8. The second-order valence-corrected chi connectivity index (χ2v) is 12.1. The van der Waals surface area contributed by atoms with Crippen molar-refractivity contribution in [3.05, 3.63) is 47.3 Å².